The lowest BCUT2D eigenvalue weighted by Gasteiger charge is -2.30. The third-order valence-corrected chi connectivity index (χ3v) is 4.61. The number of aryl methyl sites for hydroxylation is 1. The van der Waals surface area contributed by atoms with E-state index in [1.54, 1.807) is 24.3 Å². The lowest BCUT2D eigenvalue weighted by atomic mass is 9.92. The Bertz CT molecular complexity index is 773. The van der Waals surface area contributed by atoms with Crippen molar-refractivity contribution in [1.29, 1.82) is 0 Å². The second kappa shape index (κ2) is 7.04. The van der Waals surface area contributed by atoms with Gasteiger partial charge in [0.2, 0.25) is 5.91 Å². The van der Waals surface area contributed by atoms with Crippen LogP contribution < -0.4 is 5.43 Å². The Morgan fingerprint density at radius 3 is 2.48 bits per heavy atom. The summed E-state index contributed by atoms with van der Waals surface area (Å²) in [6, 6.07) is 8.73. The van der Waals surface area contributed by atoms with Crippen LogP contribution in [-0.4, -0.2) is 23.6 Å². The molecular weight excluding hydrogens is 329 g/mol. The van der Waals surface area contributed by atoms with Gasteiger partial charge in [0.1, 0.15) is 0 Å². The summed E-state index contributed by atoms with van der Waals surface area (Å²) >= 11 is 0. The molecule has 1 N–H and O–H groups in total. The van der Waals surface area contributed by atoms with E-state index in [1.807, 2.05) is 12.1 Å². The lowest BCUT2D eigenvalue weighted by Crippen LogP contribution is -2.43. The minimum atomic E-state index is -4.48. The smallest absolute Gasteiger partial charge is 0.288 e. The van der Waals surface area contributed by atoms with E-state index in [4.69, 9.17) is 0 Å². The summed E-state index contributed by atoms with van der Waals surface area (Å²) < 4.78 is 41.5. The van der Waals surface area contributed by atoms with Crippen LogP contribution in [0.25, 0.3) is 10.8 Å². The molecule has 0 aliphatic carbocycles. The average molecular weight is 350 g/mol. The average Bonchev–Trinajstić information content (AvgIpc) is 2.98. The predicted octanol–water partition coefficient (Wildman–Crippen LogP) is 4.52. The van der Waals surface area contributed by atoms with Gasteiger partial charge in [-0.15, -0.1) is 0 Å². The molecule has 1 saturated heterocycles. The second-order valence-electron chi connectivity index (χ2n) is 6.39. The van der Waals surface area contributed by atoms with Crippen LogP contribution >= 0.6 is 0 Å². The van der Waals surface area contributed by atoms with E-state index in [0.717, 1.165) is 35.2 Å². The van der Waals surface area contributed by atoms with Crippen LogP contribution in [0.5, 0.6) is 0 Å². The Kier molecular flexibility index (Phi) is 4.99. The number of halogens is 3. The van der Waals surface area contributed by atoms with Gasteiger partial charge in [0.05, 0.1) is 0 Å². The highest BCUT2D eigenvalue weighted by atomic mass is 19.4. The monoisotopic (exact) mass is 350 g/mol. The minimum absolute atomic E-state index is 0.0505. The van der Waals surface area contributed by atoms with Gasteiger partial charge in [0.25, 0.3) is 0 Å². The summed E-state index contributed by atoms with van der Waals surface area (Å²) in [5.74, 6) is -0.377. The van der Waals surface area contributed by atoms with Crippen LogP contribution in [0.15, 0.2) is 36.4 Å². The standard InChI is InChI=1S/C19H21F3N2O/c1-2-3-6-13-9-10-16(15-8-5-4-7-14(13)15)18(19(20,21)22)24-12-11-17(25)23-24/h4-5,7-10,18H,2-3,6,11-12H2,1H3,(H,23,25). The zero-order valence-electron chi connectivity index (χ0n) is 14.1. The summed E-state index contributed by atoms with van der Waals surface area (Å²) in [6.07, 6.45) is -1.53. The number of nitrogens with one attached hydrogen (secondary N) is 1. The van der Waals surface area contributed by atoms with Crippen LogP contribution in [0.1, 0.15) is 43.4 Å². The van der Waals surface area contributed by atoms with Gasteiger partial charge in [-0.05, 0) is 34.7 Å². The van der Waals surface area contributed by atoms with Gasteiger partial charge in [-0.1, -0.05) is 49.7 Å². The molecular formula is C19H21F3N2O. The molecule has 0 bridgehead atoms. The van der Waals surface area contributed by atoms with Gasteiger partial charge in [-0.2, -0.15) is 13.2 Å². The zero-order chi connectivity index (χ0) is 18.0. The number of nitrogens with zero attached hydrogens (tertiary/aromatic N) is 1. The van der Waals surface area contributed by atoms with Gasteiger partial charge in [0.15, 0.2) is 6.04 Å². The molecule has 0 aromatic heterocycles. The van der Waals surface area contributed by atoms with E-state index in [9.17, 15) is 18.0 Å². The molecule has 2 aromatic carbocycles. The fourth-order valence-corrected chi connectivity index (χ4v) is 3.42. The van der Waals surface area contributed by atoms with Crippen molar-refractivity contribution in [2.45, 2.75) is 44.8 Å². The molecule has 2 aromatic rings. The molecule has 25 heavy (non-hydrogen) atoms. The molecule has 0 spiro atoms. The van der Waals surface area contributed by atoms with Crippen molar-refractivity contribution in [3.63, 3.8) is 0 Å². The Morgan fingerprint density at radius 2 is 1.88 bits per heavy atom. The van der Waals surface area contributed by atoms with Crippen LogP contribution in [0, 0.1) is 0 Å². The van der Waals surface area contributed by atoms with E-state index < -0.39 is 12.2 Å². The van der Waals surface area contributed by atoms with Crippen molar-refractivity contribution < 1.29 is 18.0 Å². The van der Waals surface area contributed by atoms with E-state index in [2.05, 4.69) is 12.3 Å². The van der Waals surface area contributed by atoms with Gasteiger partial charge in [0, 0.05) is 13.0 Å². The highest BCUT2D eigenvalue weighted by Crippen LogP contribution is 2.41. The Balaban J connectivity index is 2.10. The number of alkyl halides is 3. The van der Waals surface area contributed by atoms with Crippen molar-refractivity contribution in [3.05, 3.63) is 47.5 Å². The number of hydrogen-bond donors (Lipinski definition) is 1. The van der Waals surface area contributed by atoms with Crippen molar-refractivity contribution in [2.75, 3.05) is 6.54 Å². The molecule has 134 valence electrons. The first kappa shape index (κ1) is 17.7. The summed E-state index contributed by atoms with van der Waals surface area (Å²) in [4.78, 5) is 11.4. The molecule has 1 fully saturated rings. The number of hydrazine groups is 1. The molecule has 1 unspecified atom stereocenters. The summed E-state index contributed by atoms with van der Waals surface area (Å²) in [5, 5.41) is 2.46. The largest absolute Gasteiger partial charge is 0.409 e. The number of amides is 1. The Labute approximate surface area is 144 Å². The molecule has 0 saturated carbocycles. The van der Waals surface area contributed by atoms with Crippen LogP contribution in [0.4, 0.5) is 13.2 Å². The van der Waals surface area contributed by atoms with Gasteiger partial charge in [-0.3, -0.25) is 10.2 Å². The van der Waals surface area contributed by atoms with Crippen LogP contribution in [0.3, 0.4) is 0 Å². The second-order valence-corrected chi connectivity index (χ2v) is 6.39. The number of rotatable bonds is 5. The lowest BCUT2D eigenvalue weighted by molar-refractivity contribution is -0.190. The molecule has 6 heteroatoms. The van der Waals surface area contributed by atoms with E-state index >= 15 is 0 Å². The van der Waals surface area contributed by atoms with Crippen molar-refractivity contribution in [2.24, 2.45) is 0 Å². The zero-order valence-corrected chi connectivity index (χ0v) is 14.1. The SMILES string of the molecule is CCCCc1ccc(C(N2CCC(=O)N2)C(F)(F)F)c2ccccc12. The first-order chi connectivity index (χ1) is 11.9. The minimum Gasteiger partial charge on any atom is -0.288 e. The third-order valence-electron chi connectivity index (χ3n) is 4.61. The molecule has 1 atom stereocenters. The Hall–Kier alpha value is -2.08. The number of unbranched alkanes of at least 4 members (excludes halogenated alkanes) is 1. The molecule has 3 rings (SSSR count). The highest BCUT2D eigenvalue weighted by Gasteiger charge is 2.47. The van der Waals surface area contributed by atoms with Crippen molar-refractivity contribution in [1.82, 2.24) is 10.4 Å². The number of carbonyl (C=O) groups excluding carboxylic acids is 1. The predicted molar refractivity (Wildman–Crippen MR) is 90.8 cm³/mol. The number of hydrogen-bond acceptors (Lipinski definition) is 2. The maximum Gasteiger partial charge on any atom is 0.409 e. The third kappa shape index (κ3) is 3.63. The fourth-order valence-electron chi connectivity index (χ4n) is 3.42. The normalized spacial score (nSPS) is 17.0. The maximum atomic E-state index is 13.8. The first-order valence-electron chi connectivity index (χ1n) is 8.55. The molecule has 0 radical (unpaired) electrons. The number of benzene rings is 2. The summed E-state index contributed by atoms with van der Waals surface area (Å²) in [6.45, 7) is 2.14. The van der Waals surface area contributed by atoms with Gasteiger partial charge in [-0.25, -0.2) is 5.01 Å². The van der Waals surface area contributed by atoms with Crippen molar-refractivity contribution in [3.8, 4) is 0 Å². The van der Waals surface area contributed by atoms with E-state index in [-0.39, 0.29) is 24.4 Å². The number of carbonyl (C=O) groups is 1. The maximum absolute atomic E-state index is 13.8. The molecule has 3 nitrogen and oxygen atoms in total. The summed E-state index contributed by atoms with van der Waals surface area (Å²) in [5.41, 5.74) is 3.60. The van der Waals surface area contributed by atoms with E-state index in [1.165, 1.54) is 0 Å². The van der Waals surface area contributed by atoms with Gasteiger partial charge >= 0.3 is 6.18 Å². The number of fused-ring (bicyclic) bond motifs is 1. The van der Waals surface area contributed by atoms with Gasteiger partial charge < -0.3 is 0 Å². The Morgan fingerprint density at radius 1 is 1.16 bits per heavy atom. The van der Waals surface area contributed by atoms with Crippen LogP contribution in [-0.2, 0) is 11.2 Å². The molecule has 1 aliphatic rings. The van der Waals surface area contributed by atoms with E-state index in [0.29, 0.717) is 5.39 Å². The topological polar surface area (TPSA) is 32.3 Å². The molecule has 1 amide bonds. The molecule has 1 aliphatic heterocycles. The van der Waals surface area contributed by atoms with Crippen molar-refractivity contribution >= 4 is 16.7 Å². The van der Waals surface area contributed by atoms with Crippen LogP contribution in [0.2, 0.25) is 0 Å². The highest BCUT2D eigenvalue weighted by molar-refractivity contribution is 5.89. The molecule has 1 heterocycles. The quantitative estimate of drug-likeness (QED) is 0.860. The summed E-state index contributed by atoms with van der Waals surface area (Å²) in [7, 11) is 0. The fraction of sp³-hybridized carbons (Fsp3) is 0.421. The first-order valence-corrected chi connectivity index (χ1v) is 8.55.